The van der Waals surface area contributed by atoms with Crippen molar-refractivity contribution in [1.82, 2.24) is 4.31 Å². The molecule has 0 bridgehead atoms. The van der Waals surface area contributed by atoms with E-state index in [-0.39, 0.29) is 10.5 Å². The molecule has 1 aliphatic rings. The number of sulfonamides is 1. The van der Waals surface area contributed by atoms with Crippen molar-refractivity contribution in [2.75, 3.05) is 13.1 Å². The minimum atomic E-state index is -3.57. The van der Waals surface area contributed by atoms with Crippen molar-refractivity contribution in [2.24, 2.45) is 0 Å². The van der Waals surface area contributed by atoms with Crippen LogP contribution < -0.4 is 0 Å². The van der Waals surface area contributed by atoms with E-state index in [2.05, 4.69) is 0 Å². The molecule has 0 saturated heterocycles. The molecule has 1 aromatic rings. The Bertz CT molecular complexity index is 627. The van der Waals surface area contributed by atoms with Gasteiger partial charge in [-0.05, 0) is 25.5 Å². The lowest BCUT2D eigenvalue weighted by atomic mass is 10.2. The van der Waals surface area contributed by atoms with Crippen molar-refractivity contribution in [3.63, 3.8) is 0 Å². The maximum atomic E-state index is 12.5. The van der Waals surface area contributed by atoms with Gasteiger partial charge in [-0.3, -0.25) is 0 Å². The van der Waals surface area contributed by atoms with Crippen LogP contribution in [0.25, 0.3) is 0 Å². The number of hydrogen-bond acceptors (Lipinski definition) is 3. The Morgan fingerprint density at radius 3 is 2.72 bits per heavy atom. The molecule has 0 spiro atoms. The fraction of sp³-hybridized carbons (Fsp3) is 0.308. The molecule has 0 aliphatic carbocycles. The van der Waals surface area contributed by atoms with E-state index >= 15 is 0 Å². The molecule has 4 nitrogen and oxygen atoms in total. The van der Waals surface area contributed by atoms with Gasteiger partial charge in [0.2, 0.25) is 10.0 Å². The zero-order valence-electron chi connectivity index (χ0n) is 10.1. The highest BCUT2D eigenvalue weighted by molar-refractivity contribution is 7.89. The van der Waals surface area contributed by atoms with Gasteiger partial charge in [-0.2, -0.15) is 9.57 Å². The Hall–Kier alpha value is -1.64. The molecule has 1 aromatic carbocycles. The number of benzene rings is 1. The van der Waals surface area contributed by atoms with Crippen LogP contribution in [0.15, 0.2) is 40.8 Å². The SMILES string of the molecule is CC1=CCCN(S(=O)(=O)c2ccccc2C#N)C1. The van der Waals surface area contributed by atoms with Crippen molar-refractivity contribution in [3.8, 4) is 6.07 Å². The predicted molar refractivity (Wildman–Crippen MR) is 68.3 cm³/mol. The Morgan fingerprint density at radius 1 is 1.33 bits per heavy atom. The number of rotatable bonds is 2. The molecule has 0 radical (unpaired) electrons. The van der Waals surface area contributed by atoms with E-state index in [1.807, 2.05) is 19.1 Å². The van der Waals surface area contributed by atoms with E-state index in [4.69, 9.17) is 5.26 Å². The number of hydrogen-bond donors (Lipinski definition) is 0. The summed E-state index contributed by atoms with van der Waals surface area (Å²) in [7, 11) is -3.57. The van der Waals surface area contributed by atoms with Crippen LogP contribution in [-0.2, 0) is 10.0 Å². The summed E-state index contributed by atoms with van der Waals surface area (Å²) in [6, 6.07) is 8.25. The number of nitriles is 1. The molecule has 0 amide bonds. The van der Waals surface area contributed by atoms with Crippen molar-refractivity contribution in [3.05, 3.63) is 41.5 Å². The van der Waals surface area contributed by atoms with E-state index < -0.39 is 10.0 Å². The Kier molecular flexibility index (Phi) is 3.50. The van der Waals surface area contributed by atoms with Crippen molar-refractivity contribution in [2.45, 2.75) is 18.2 Å². The smallest absolute Gasteiger partial charge is 0.207 e. The zero-order chi connectivity index (χ0) is 13.2. The van der Waals surface area contributed by atoms with Crippen LogP contribution in [-0.4, -0.2) is 25.8 Å². The highest BCUT2D eigenvalue weighted by Gasteiger charge is 2.27. The summed E-state index contributed by atoms with van der Waals surface area (Å²) < 4.78 is 26.3. The van der Waals surface area contributed by atoms with E-state index in [0.717, 1.165) is 12.0 Å². The number of nitrogens with zero attached hydrogens (tertiary/aromatic N) is 2. The Labute approximate surface area is 107 Å². The minimum Gasteiger partial charge on any atom is -0.207 e. The highest BCUT2D eigenvalue weighted by atomic mass is 32.2. The van der Waals surface area contributed by atoms with Crippen LogP contribution in [0.1, 0.15) is 18.9 Å². The van der Waals surface area contributed by atoms with Gasteiger partial charge < -0.3 is 0 Å². The van der Waals surface area contributed by atoms with Gasteiger partial charge in [-0.15, -0.1) is 0 Å². The molecule has 0 N–H and O–H groups in total. The largest absolute Gasteiger partial charge is 0.244 e. The summed E-state index contributed by atoms with van der Waals surface area (Å²) in [5.74, 6) is 0. The first kappa shape index (κ1) is 12.8. The highest BCUT2D eigenvalue weighted by Crippen LogP contribution is 2.22. The van der Waals surface area contributed by atoms with Gasteiger partial charge >= 0.3 is 0 Å². The Balaban J connectivity index is 2.43. The summed E-state index contributed by atoms with van der Waals surface area (Å²) in [5, 5.41) is 8.99. The van der Waals surface area contributed by atoms with Crippen molar-refractivity contribution < 1.29 is 8.42 Å². The fourth-order valence-corrected chi connectivity index (χ4v) is 3.64. The molecular formula is C13H14N2O2S. The van der Waals surface area contributed by atoms with Crippen molar-refractivity contribution in [1.29, 1.82) is 5.26 Å². The topological polar surface area (TPSA) is 61.2 Å². The summed E-state index contributed by atoms with van der Waals surface area (Å²) in [4.78, 5) is 0.0993. The fourth-order valence-electron chi connectivity index (χ4n) is 2.00. The summed E-state index contributed by atoms with van der Waals surface area (Å²) in [5.41, 5.74) is 1.24. The first-order valence-corrected chi connectivity index (χ1v) is 7.14. The van der Waals surface area contributed by atoms with Crippen LogP contribution in [0.5, 0.6) is 0 Å². The molecule has 5 heteroatoms. The van der Waals surface area contributed by atoms with Gasteiger partial charge in [0, 0.05) is 13.1 Å². The van der Waals surface area contributed by atoms with Gasteiger partial charge in [0.1, 0.15) is 6.07 Å². The molecule has 1 aliphatic heterocycles. The maximum absolute atomic E-state index is 12.5. The van der Waals surface area contributed by atoms with Gasteiger partial charge in [0.05, 0.1) is 10.5 Å². The lowest BCUT2D eigenvalue weighted by Crippen LogP contribution is -2.35. The Morgan fingerprint density at radius 2 is 2.06 bits per heavy atom. The molecule has 0 aromatic heterocycles. The van der Waals surface area contributed by atoms with Gasteiger partial charge in [0.15, 0.2) is 0 Å². The first-order valence-electron chi connectivity index (χ1n) is 5.70. The van der Waals surface area contributed by atoms with Gasteiger partial charge in [-0.1, -0.05) is 23.8 Å². The quantitative estimate of drug-likeness (QED) is 0.765. The monoisotopic (exact) mass is 262 g/mol. The summed E-state index contributed by atoms with van der Waals surface area (Å²) in [6.45, 7) is 2.79. The maximum Gasteiger partial charge on any atom is 0.244 e. The molecule has 2 rings (SSSR count). The second-order valence-corrected chi connectivity index (χ2v) is 6.19. The second kappa shape index (κ2) is 4.92. The summed E-state index contributed by atoms with van der Waals surface area (Å²) >= 11 is 0. The molecular weight excluding hydrogens is 248 g/mol. The van der Waals surface area contributed by atoms with Crippen LogP contribution in [0.3, 0.4) is 0 Å². The first-order chi connectivity index (χ1) is 8.55. The van der Waals surface area contributed by atoms with Gasteiger partial charge in [-0.25, -0.2) is 8.42 Å². The normalized spacial score (nSPS) is 17.0. The predicted octanol–water partition coefficient (Wildman–Crippen LogP) is 1.90. The van der Waals surface area contributed by atoms with E-state index in [1.54, 1.807) is 12.1 Å². The lowest BCUT2D eigenvalue weighted by molar-refractivity contribution is 0.428. The van der Waals surface area contributed by atoms with Crippen LogP contribution >= 0.6 is 0 Å². The molecule has 1 heterocycles. The third-order valence-electron chi connectivity index (χ3n) is 2.92. The van der Waals surface area contributed by atoms with Crippen LogP contribution in [0.2, 0.25) is 0 Å². The van der Waals surface area contributed by atoms with Gasteiger partial charge in [0.25, 0.3) is 0 Å². The van der Waals surface area contributed by atoms with Crippen molar-refractivity contribution >= 4 is 10.0 Å². The van der Waals surface area contributed by atoms with Crippen LogP contribution in [0, 0.1) is 11.3 Å². The molecule has 0 fully saturated rings. The second-order valence-electron chi connectivity index (χ2n) is 4.29. The third-order valence-corrected chi connectivity index (χ3v) is 4.83. The molecule has 94 valence electrons. The van der Waals surface area contributed by atoms with E-state index in [0.29, 0.717) is 13.1 Å². The van der Waals surface area contributed by atoms with E-state index in [1.165, 1.54) is 16.4 Å². The molecule has 0 unspecified atom stereocenters. The third kappa shape index (κ3) is 2.30. The van der Waals surface area contributed by atoms with Crippen LogP contribution in [0.4, 0.5) is 0 Å². The average molecular weight is 262 g/mol. The molecule has 0 atom stereocenters. The standard InChI is InChI=1S/C13H14N2O2S/c1-11-5-4-8-15(10-11)18(16,17)13-7-3-2-6-12(13)9-14/h2-3,5-7H,4,8,10H2,1H3. The minimum absolute atomic E-state index is 0.0993. The average Bonchev–Trinajstić information content (AvgIpc) is 2.38. The lowest BCUT2D eigenvalue weighted by Gasteiger charge is -2.25. The molecule has 0 saturated carbocycles. The van der Waals surface area contributed by atoms with E-state index in [9.17, 15) is 8.42 Å². The molecule has 18 heavy (non-hydrogen) atoms. The zero-order valence-corrected chi connectivity index (χ0v) is 10.9. The summed E-state index contributed by atoms with van der Waals surface area (Å²) in [6.07, 6.45) is 2.77.